The van der Waals surface area contributed by atoms with E-state index in [4.69, 9.17) is 0 Å². The molecule has 3 aliphatic rings. The fourth-order valence-electron chi connectivity index (χ4n) is 4.49. The molecule has 2 saturated heterocycles. The molecule has 23 heavy (non-hydrogen) atoms. The first kappa shape index (κ1) is 16.7. The lowest BCUT2D eigenvalue weighted by Crippen LogP contribution is -2.53. The lowest BCUT2D eigenvalue weighted by atomic mass is 9.88. The summed E-state index contributed by atoms with van der Waals surface area (Å²) < 4.78 is 0. The Morgan fingerprint density at radius 2 is 1.70 bits per heavy atom. The maximum absolute atomic E-state index is 12.4. The van der Waals surface area contributed by atoms with Crippen LogP contribution in [0.4, 0.5) is 0 Å². The van der Waals surface area contributed by atoms with Crippen molar-refractivity contribution in [2.24, 2.45) is 5.92 Å². The Morgan fingerprint density at radius 1 is 0.957 bits per heavy atom. The SMILES string of the molecule is C[C@H](NC(=O)C1CCCCC1)C(=O)N[C@H]1CCN2CCCC[C@H]12. The number of nitrogens with one attached hydrogen (secondary N) is 2. The Hall–Kier alpha value is -1.10. The molecule has 0 aromatic carbocycles. The molecule has 2 aliphatic heterocycles. The number of carbonyl (C=O) groups excluding carboxylic acids is 2. The van der Waals surface area contributed by atoms with E-state index in [9.17, 15) is 9.59 Å². The highest BCUT2D eigenvalue weighted by Gasteiger charge is 2.37. The summed E-state index contributed by atoms with van der Waals surface area (Å²) in [4.78, 5) is 27.2. The average Bonchev–Trinajstić information content (AvgIpc) is 2.98. The zero-order chi connectivity index (χ0) is 16.2. The largest absolute Gasteiger partial charge is 0.350 e. The number of carbonyl (C=O) groups is 2. The van der Waals surface area contributed by atoms with E-state index < -0.39 is 6.04 Å². The third-order valence-electron chi connectivity index (χ3n) is 5.91. The summed E-state index contributed by atoms with van der Waals surface area (Å²) in [5.41, 5.74) is 0. The highest BCUT2D eigenvalue weighted by molar-refractivity contribution is 5.88. The van der Waals surface area contributed by atoms with Gasteiger partial charge in [0.25, 0.3) is 0 Å². The molecule has 0 radical (unpaired) electrons. The fourth-order valence-corrected chi connectivity index (χ4v) is 4.49. The van der Waals surface area contributed by atoms with E-state index in [0.29, 0.717) is 6.04 Å². The van der Waals surface area contributed by atoms with Crippen LogP contribution in [-0.2, 0) is 9.59 Å². The van der Waals surface area contributed by atoms with Crippen molar-refractivity contribution in [3.63, 3.8) is 0 Å². The summed E-state index contributed by atoms with van der Waals surface area (Å²) in [6.45, 7) is 4.08. The van der Waals surface area contributed by atoms with Gasteiger partial charge in [-0.15, -0.1) is 0 Å². The van der Waals surface area contributed by atoms with Gasteiger partial charge in [0.1, 0.15) is 6.04 Å². The Morgan fingerprint density at radius 3 is 2.48 bits per heavy atom. The smallest absolute Gasteiger partial charge is 0.242 e. The standard InChI is InChI=1S/C18H31N3O2/c1-13(19-18(23)14-7-3-2-4-8-14)17(22)20-15-10-12-21-11-6-5-9-16(15)21/h13-16H,2-12H2,1H3,(H,19,23)(H,20,22)/t13-,15-,16+/m0/s1. The quantitative estimate of drug-likeness (QED) is 0.830. The zero-order valence-electron chi connectivity index (χ0n) is 14.4. The number of rotatable bonds is 4. The van der Waals surface area contributed by atoms with Crippen LogP contribution in [0.25, 0.3) is 0 Å². The molecule has 0 spiro atoms. The molecule has 2 heterocycles. The highest BCUT2D eigenvalue weighted by Crippen LogP contribution is 2.27. The van der Waals surface area contributed by atoms with Crippen LogP contribution in [0, 0.1) is 5.92 Å². The van der Waals surface area contributed by atoms with Crippen molar-refractivity contribution in [3.8, 4) is 0 Å². The fraction of sp³-hybridized carbons (Fsp3) is 0.889. The first-order valence-electron chi connectivity index (χ1n) is 9.50. The van der Waals surface area contributed by atoms with Gasteiger partial charge in [-0.1, -0.05) is 25.7 Å². The molecule has 0 bridgehead atoms. The molecule has 5 nitrogen and oxygen atoms in total. The van der Waals surface area contributed by atoms with Gasteiger partial charge in [-0.25, -0.2) is 0 Å². The minimum atomic E-state index is -0.429. The van der Waals surface area contributed by atoms with Crippen LogP contribution in [0.15, 0.2) is 0 Å². The molecule has 1 saturated carbocycles. The van der Waals surface area contributed by atoms with Gasteiger partial charge in [-0.05, 0) is 45.6 Å². The monoisotopic (exact) mass is 321 g/mol. The highest BCUT2D eigenvalue weighted by atomic mass is 16.2. The maximum atomic E-state index is 12.4. The average molecular weight is 321 g/mol. The summed E-state index contributed by atoms with van der Waals surface area (Å²) >= 11 is 0. The Kier molecular flexibility index (Phi) is 5.57. The summed E-state index contributed by atoms with van der Waals surface area (Å²) in [5.74, 6) is 0.156. The number of nitrogens with zero attached hydrogens (tertiary/aromatic N) is 1. The number of amides is 2. The third kappa shape index (κ3) is 4.06. The molecular formula is C18H31N3O2. The first-order valence-corrected chi connectivity index (χ1v) is 9.50. The maximum Gasteiger partial charge on any atom is 0.242 e. The van der Waals surface area contributed by atoms with Crippen molar-refractivity contribution < 1.29 is 9.59 Å². The van der Waals surface area contributed by atoms with Crippen LogP contribution in [0.2, 0.25) is 0 Å². The molecule has 3 fully saturated rings. The lowest BCUT2D eigenvalue weighted by molar-refractivity contribution is -0.131. The molecule has 0 unspecified atom stereocenters. The Bertz CT molecular complexity index is 434. The summed E-state index contributed by atoms with van der Waals surface area (Å²) in [6, 6.07) is 0.341. The van der Waals surface area contributed by atoms with Crippen LogP contribution in [-0.4, -0.2) is 47.9 Å². The third-order valence-corrected chi connectivity index (χ3v) is 5.91. The molecular weight excluding hydrogens is 290 g/mol. The van der Waals surface area contributed by atoms with Gasteiger partial charge in [0, 0.05) is 24.5 Å². The summed E-state index contributed by atoms with van der Waals surface area (Å²) in [5, 5.41) is 6.12. The number of hydrogen-bond donors (Lipinski definition) is 2. The van der Waals surface area contributed by atoms with Crippen molar-refractivity contribution in [2.45, 2.75) is 82.8 Å². The van der Waals surface area contributed by atoms with Gasteiger partial charge in [0.2, 0.25) is 11.8 Å². The molecule has 0 aromatic rings. The first-order chi connectivity index (χ1) is 11.1. The molecule has 3 atom stereocenters. The molecule has 2 amide bonds. The van der Waals surface area contributed by atoms with Crippen LogP contribution in [0.5, 0.6) is 0 Å². The van der Waals surface area contributed by atoms with E-state index in [-0.39, 0.29) is 23.8 Å². The van der Waals surface area contributed by atoms with Gasteiger partial charge in [-0.2, -0.15) is 0 Å². The molecule has 2 N–H and O–H groups in total. The normalized spacial score (nSPS) is 30.5. The van der Waals surface area contributed by atoms with Gasteiger partial charge in [0.05, 0.1) is 0 Å². The molecule has 1 aliphatic carbocycles. The van der Waals surface area contributed by atoms with Crippen molar-refractivity contribution in [1.29, 1.82) is 0 Å². The predicted molar refractivity (Wildman–Crippen MR) is 89.9 cm³/mol. The van der Waals surface area contributed by atoms with E-state index in [1.54, 1.807) is 0 Å². The number of hydrogen-bond acceptors (Lipinski definition) is 3. The molecule has 3 rings (SSSR count). The minimum Gasteiger partial charge on any atom is -0.350 e. The van der Waals surface area contributed by atoms with E-state index in [1.807, 2.05) is 6.92 Å². The van der Waals surface area contributed by atoms with E-state index in [0.717, 1.165) is 38.6 Å². The van der Waals surface area contributed by atoms with Gasteiger partial charge >= 0.3 is 0 Å². The van der Waals surface area contributed by atoms with Crippen LogP contribution < -0.4 is 10.6 Å². The van der Waals surface area contributed by atoms with Crippen LogP contribution >= 0.6 is 0 Å². The summed E-state index contributed by atoms with van der Waals surface area (Å²) in [6.07, 6.45) is 10.2. The topological polar surface area (TPSA) is 61.4 Å². The molecule has 5 heteroatoms. The Labute approximate surface area is 139 Å². The van der Waals surface area contributed by atoms with Crippen molar-refractivity contribution >= 4 is 11.8 Å². The van der Waals surface area contributed by atoms with Crippen LogP contribution in [0.1, 0.15) is 64.7 Å². The van der Waals surface area contributed by atoms with Crippen molar-refractivity contribution in [3.05, 3.63) is 0 Å². The van der Waals surface area contributed by atoms with Gasteiger partial charge in [-0.3, -0.25) is 14.5 Å². The van der Waals surface area contributed by atoms with Gasteiger partial charge < -0.3 is 10.6 Å². The molecule has 0 aromatic heterocycles. The zero-order valence-corrected chi connectivity index (χ0v) is 14.4. The van der Waals surface area contributed by atoms with Gasteiger partial charge in [0.15, 0.2) is 0 Å². The minimum absolute atomic E-state index is 0.0217. The van der Waals surface area contributed by atoms with E-state index >= 15 is 0 Å². The second-order valence-electron chi connectivity index (χ2n) is 7.57. The molecule has 130 valence electrons. The van der Waals surface area contributed by atoms with Crippen molar-refractivity contribution in [1.82, 2.24) is 15.5 Å². The Balaban J connectivity index is 1.46. The number of piperidine rings is 1. The number of fused-ring (bicyclic) bond motifs is 1. The second-order valence-corrected chi connectivity index (χ2v) is 7.57. The van der Waals surface area contributed by atoms with E-state index in [2.05, 4.69) is 15.5 Å². The lowest BCUT2D eigenvalue weighted by Gasteiger charge is -2.33. The second kappa shape index (κ2) is 7.65. The van der Waals surface area contributed by atoms with Crippen molar-refractivity contribution in [2.75, 3.05) is 13.1 Å². The van der Waals surface area contributed by atoms with Crippen LogP contribution in [0.3, 0.4) is 0 Å². The summed E-state index contributed by atoms with van der Waals surface area (Å²) in [7, 11) is 0. The van der Waals surface area contributed by atoms with E-state index in [1.165, 1.54) is 32.2 Å². The predicted octanol–water partition coefficient (Wildman–Crippen LogP) is 1.81.